The van der Waals surface area contributed by atoms with Crippen LogP contribution in [-0.4, -0.2) is 34.2 Å². The van der Waals surface area contributed by atoms with E-state index in [0.717, 1.165) is 5.56 Å². The smallest absolute Gasteiger partial charge is 0.326 e. The molecule has 0 aliphatic rings. The van der Waals surface area contributed by atoms with E-state index in [1.165, 1.54) is 6.92 Å². The number of hydrogen-bond donors (Lipinski definition) is 3. The SMILES string of the molecule is [13CH3][13CH](O)[13C](=O)N[C@@H](Cc1ccccc1)C(=O)O. The van der Waals surface area contributed by atoms with Gasteiger partial charge in [0.2, 0.25) is 5.91 Å². The number of carbonyl (C=O) groups excluding carboxylic acids is 1. The third-order valence-corrected chi connectivity index (χ3v) is 2.28. The molecule has 1 unspecified atom stereocenters. The second kappa shape index (κ2) is 6.00. The number of rotatable bonds is 5. The molecule has 0 radical (unpaired) electrons. The molecule has 0 heterocycles. The van der Waals surface area contributed by atoms with Gasteiger partial charge < -0.3 is 15.5 Å². The Balaban J connectivity index is 2.68. The summed E-state index contributed by atoms with van der Waals surface area (Å²) in [6.07, 6.45) is -1.03. The number of amides is 1. The average Bonchev–Trinajstić information content (AvgIpc) is 2.29. The molecule has 0 bridgehead atoms. The van der Waals surface area contributed by atoms with Crippen LogP contribution in [0.25, 0.3) is 0 Å². The molecule has 1 aromatic carbocycles. The molecule has 17 heavy (non-hydrogen) atoms. The summed E-state index contributed by atoms with van der Waals surface area (Å²) < 4.78 is 0. The summed E-state index contributed by atoms with van der Waals surface area (Å²) in [5, 5.41) is 20.3. The van der Waals surface area contributed by atoms with Crippen LogP contribution >= 0.6 is 0 Å². The molecule has 3 N–H and O–H groups in total. The molecule has 0 spiro atoms. The molecule has 2 atom stereocenters. The van der Waals surface area contributed by atoms with Crippen molar-refractivity contribution in [1.29, 1.82) is 0 Å². The minimum atomic E-state index is -1.22. The van der Waals surface area contributed by atoms with E-state index in [4.69, 9.17) is 10.2 Å². The normalized spacial score (nSPS) is 13.8. The van der Waals surface area contributed by atoms with Crippen LogP contribution in [0.3, 0.4) is 0 Å². The Bertz CT molecular complexity index is 389. The summed E-state index contributed by atoms with van der Waals surface area (Å²) in [6, 6.07) is 7.96. The number of hydrogen-bond acceptors (Lipinski definition) is 3. The Hall–Kier alpha value is -1.88. The van der Waals surface area contributed by atoms with Crippen molar-refractivity contribution in [2.45, 2.75) is 25.5 Å². The molecular weight excluding hydrogens is 225 g/mol. The summed E-state index contributed by atoms with van der Waals surface area (Å²) in [7, 11) is 0. The predicted molar refractivity (Wildman–Crippen MR) is 61.4 cm³/mol. The predicted octanol–water partition coefficient (Wildman–Crippen LogP) is 0.179. The van der Waals surface area contributed by atoms with Gasteiger partial charge in [0.25, 0.3) is 0 Å². The van der Waals surface area contributed by atoms with Gasteiger partial charge in [-0.1, -0.05) is 30.3 Å². The zero-order chi connectivity index (χ0) is 12.8. The first-order valence-corrected chi connectivity index (χ1v) is 5.26. The first-order chi connectivity index (χ1) is 8.00. The summed E-state index contributed by atoms with van der Waals surface area (Å²) in [6.45, 7) is 1.29. The van der Waals surface area contributed by atoms with Crippen LogP contribution in [0, 0.1) is 0 Å². The maximum atomic E-state index is 11.2. The standard InChI is InChI=1S/C12H15NO4/c1-8(14)11(15)13-10(12(16)17)7-9-5-3-2-4-6-9/h2-6,8,10,14H,7H2,1H3,(H,13,15)(H,16,17)/t8?,10-/m0/s1/i1+1,8+1,11+1. The van der Waals surface area contributed by atoms with E-state index < -0.39 is 24.0 Å². The molecule has 0 aliphatic heterocycles. The molecule has 0 fully saturated rings. The summed E-state index contributed by atoms with van der Waals surface area (Å²) in [5.74, 6) is -1.81. The van der Waals surface area contributed by atoms with E-state index in [-0.39, 0.29) is 6.42 Å². The van der Waals surface area contributed by atoms with Crippen LogP contribution in [0.4, 0.5) is 0 Å². The van der Waals surface area contributed by atoms with E-state index >= 15 is 0 Å². The minimum absolute atomic E-state index is 0.189. The Kier molecular flexibility index (Phi) is 4.66. The van der Waals surface area contributed by atoms with E-state index in [2.05, 4.69) is 5.32 Å². The summed E-state index contributed by atoms with van der Waals surface area (Å²) in [4.78, 5) is 22.2. The van der Waals surface area contributed by atoms with Crippen molar-refractivity contribution in [3.8, 4) is 0 Å². The van der Waals surface area contributed by atoms with Crippen molar-refractivity contribution in [3.05, 3.63) is 35.9 Å². The van der Waals surface area contributed by atoms with Crippen molar-refractivity contribution >= 4 is 11.9 Å². The highest BCUT2D eigenvalue weighted by Crippen LogP contribution is 2.03. The maximum absolute atomic E-state index is 11.2. The monoisotopic (exact) mass is 240 g/mol. The molecule has 0 aliphatic carbocycles. The van der Waals surface area contributed by atoms with Crippen LogP contribution in [-0.2, 0) is 16.0 Å². The molecule has 5 heteroatoms. The highest BCUT2D eigenvalue weighted by molar-refractivity contribution is 5.86. The van der Waals surface area contributed by atoms with Gasteiger partial charge in [0.1, 0.15) is 12.1 Å². The number of carboxylic acid groups (broad SMARTS) is 1. The molecule has 1 aromatic rings. The van der Waals surface area contributed by atoms with Gasteiger partial charge in [-0.25, -0.2) is 4.79 Å². The van der Waals surface area contributed by atoms with Crippen LogP contribution in [0.2, 0.25) is 0 Å². The van der Waals surface area contributed by atoms with Crippen LogP contribution in [0.5, 0.6) is 0 Å². The van der Waals surface area contributed by atoms with E-state index in [1.54, 1.807) is 24.3 Å². The lowest BCUT2D eigenvalue weighted by molar-refractivity contribution is -0.143. The summed E-state index contributed by atoms with van der Waals surface area (Å²) in [5.41, 5.74) is 0.811. The average molecular weight is 240 g/mol. The van der Waals surface area contributed by atoms with Crippen molar-refractivity contribution in [2.24, 2.45) is 0 Å². The Labute approximate surface area is 99.1 Å². The molecule has 0 saturated carbocycles. The Morgan fingerprint density at radius 3 is 2.35 bits per heavy atom. The van der Waals surface area contributed by atoms with Crippen LogP contribution < -0.4 is 5.32 Å². The van der Waals surface area contributed by atoms with Crippen LogP contribution in [0.15, 0.2) is 30.3 Å². The fraction of sp³-hybridized carbons (Fsp3) is 0.333. The van der Waals surface area contributed by atoms with Gasteiger partial charge in [0.15, 0.2) is 0 Å². The first-order valence-electron chi connectivity index (χ1n) is 5.26. The lowest BCUT2D eigenvalue weighted by Crippen LogP contribution is -2.45. The number of nitrogens with one attached hydrogen (secondary N) is 1. The van der Waals surface area contributed by atoms with Gasteiger partial charge in [-0.2, -0.15) is 0 Å². The second-order valence-electron chi connectivity index (χ2n) is 3.77. The lowest BCUT2D eigenvalue weighted by atomic mass is 10.1. The fourth-order valence-corrected chi connectivity index (χ4v) is 1.34. The number of benzene rings is 1. The molecule has 1 rings (SSSR count). The quantitative estimate of drug-likeness (QED) is 0.641. The third-order valence-electron chi connectivity index (χ3n) is 2.28. The third kappa shape index (κ3) is 4.24. The molecule has 92 valence electrons. The van der Waals surface area contributed by atoms with Crippen molar-refractivity contribution in [2.75, 3.05) is 0 Å². The van der Waals surface area contributed by atoms with Gasteiger partial charge in [-0.15, -0.1) is 0 Å². The minimum Gasteiger partial charge on any atom is -0.480 e. The summed E-state index contributed by atoms with van der Waals surface area (Å²) >= 11 is 0. The second-order valence-corrected chi connectivity index (χ2v) is 3.77. The number of aliphatic carboxylic acids is 1. The van der Waals surface area contributed by atoms with E-state index in [9.17, 15) is 9.59 Å². The molecule has 5 nitrogen and oxygen atoms in total. The van der Waals surface area contributed by atoms with Crippen molar-refractivity contribution in [3.63, 3.8) is 0 Å². The zero-order valence-corrected chi connectivity index (χ0v) is 9.46. The topological polar surface area (TPSA) is 86.6 Å². The number of carboxylic acids is 1. The molecule has 0 aromatic heterocycles. The maximum Gasteiger partial charge on any atom is 0.326 e. The molecule has 1 amide bonds. The molecule has 0 saturated heterocycles. The first kappa shape index (κ1) is 13.2. The van der Waals surface area contributed by atoms with Gasteiger partial charge in [0, 0.05) is 6.42 Å². The van der Waals surface area contributed by atoms with E-state index in [1.807, 2.05) is 6.07 Å². The number of aliphatic hydroxyl groups excluding tert-OH is 1. The van der Waals surface area contributed by atoms with Gasteiger partial charge in [-0.3, -0.25) is 4.79 Å². The highest BCUT2D eigenvalue weighted by Gasteiger charge is 2.22. The van der Waals surface area contributed by atoms with Crippen molar-refractivity contribution < 1.29 is 19.8 Å². The van der Waals surface area contributed by atoms with Gasteiger partial charge in [0.05, 0.1) is 0 Å². The number of carbonyl (C=O) groups is 2. The highest BCUT2D eigenvalue weighted by atomic mass is 16.4. The number of aliphatic hydroxyl groups is 1. The van der Waals surface area contributed by atoms with Crippen LogP contribution in [0.1, 0.15) is 12.5 Å². The van der Waals surface area contributed by atoms with E-state index in [0.29, 0.717) is 0 Å². The van der Waals surface area contributed by atoms with Crippen molar-refractivity contribution in [1.82, 2.24) is 5.32 Å². The van der Waals surface area contributed by atoms with Gasteiger partial charge >= 0.3 is 5.97 Å². The zero-order valence-electron chi connectivity index (χ0n) is 9.46. The Morgan fingerprint density at radius 1 is 1.29 bits per heavy atom. The largest absolute Gasteiger partial charge is 0.480 e. The van der Waals surface area contributed by atoms with Gasteiger partial charge in [-0.05, 0) is 12.5 Å². The molecular formula is C12H15NO4. The fourth-order valence-electron chi connectivity index (χ4n) is 1.34. The Morgan fingerprint density at radius 2 is 1.88 bits per heavy atom. The lowest BCUT2D eigenvalue weighted by Gasteiger charge is -2.15.